The molecule has 0 aromatic heterocycles. The molecule has 2 unspecified atom stereocenters. The van der Waals surface area contributed by atoms with Crippen molar-refractivity contribution in [3.05, 3.63) is 0 Å². The normalized spacial score (nSPS) is 29.4. The van der Waals surface area contributed by atoms with E-state index in [2.05, 4.69) is 0 Å². The van der Waals surface area contributed by atoms with Gasteiger partial charge in [-0.2, -0.15) is 0 Å². The average Bonchev–Trinajstić information content (AvgIpc) is 2.97. The van der Waals surface area contributed by atoms with Crippen LogP contribution in [0.5, 0.6) is 0 Å². The van der Waals surface area contributed by atoms with Crippen molar-refractivity contribution < 1.29 is 14.3 Å². The Hall–Kier alpha value is -0.710. The quantitative estimate of drug-likeness (QED) is 0.680. The number of esters is 1. The maximum atomic E-state index is 12.2. The Morgan fingerprint density at radius 2 is 2.12 bits per heavy atom. The zero-order chi connectivity index (χ0) is 11.5. The highest BCUT2D eigenvalue weighted by Gasteiger charge is 2.38. The van der Waals surface area contributed by atoms with Crippen molar-refractivity contribution in [3.63, 3.8) is 0 Å². The lowest BCUT2D eigenvalue weighted by molar-refractivity contribution is -0.150. The molecular weight excluding hydrogens is 226 g/mol. The van der Waals surface area contributed by atoms with E-state index in [0.717, 1.165) is 31.4 Å². The van der Waals surface area contributed by atoms with Gasteiger partial charge in [0.25, 0.3) is 0 Å². The number of rotatable bonds is 2. The molecule has 4 nitrogen and oxygen atoms in total. The Bertz CT molecular complexity index is 289. The van der Waals surface area contributed by atoms with Crippen LogP contribution in [0, 0.1) is 0 Å². The summed E-state index contributed by atoms with van der Waals surface area (Å²) < 4.78 is 4.74. The fraction of sp³-hybridized carbons (Fsp3) is 0.818. The number of hydrogen-bond acceptors (Lipinski definition) is 4. The van der Waals surface area contributed by atoms with E-state index in [-0.39, 0.29) is 23.2 Å². The largest absolute Gasteiger partial charge is 0.467 e. The second kappa shape index (κ2) is 5.08. The van der Waals surface area contributed by atoms with E-state index in [1.807, 2.05) is 0 Å². The van der Waals surface area contributed by atoms with Gasteiger partial charge in [0.1, 0.15) is 6.04 Å². The van der Waals surface area contributed by atoms with E-state index in [9.17, 15) is 9.59 Å². The molecule has 1 amide bonds. The lowest BCUT2D eigenvalue weighted by Crippen LogP contribution is -2.44. The number of thioether (sulfide) groups is 1. The molecule has 90 valence electrons. The van der Waals surface area contributed by atoms with Gasteiger partial charge >= 0.3 is 5.97 Å². The number of likely N-dealkylation sites (tertiary alicyclic amines) is 1. The Morgan fingerprint density at radius 1 is 1.31 bits per heavy atom. The first-order valence-corrected chi connectivity index (χ1v) is 6.79. The number of nitrogens with zero attached hydrogens (tertiary/aromatic N) is 1. The second-order valence-electron chi connectivity index (χ2n) is 4.21. The first-order chi connectivity index (χ1) is 7.74. The van der Waals surface area contributed by atoms with Gasteiger partial charge < -0.3 is 9.64 Å². The van der Waals surface area contributed by atoms with Crippen molar-refractivity contribution in [2.75, 3.05) is 19.4 Å². The Morgan fingerprint density at radius 3 is 2.75 bits per heavy atom. The van der Waals surface area contributed by atoms with Crippen LogP contribution in [0.2, 0.25) is 0 Å². The smallest absolute Gasteiger partial charge is 0.328 e. The predicted octanol–water partition coefficient (Wildman–Crippen LogP) is 1.05. The number of carbonyl (C=O) groups is 2. The lowest BCUT2D eigenvalue weighted by atomic mass is 10.2. The van der Waals surface area contributed by atoms with Gasteiger partial charge in [-0.05, 0) is 31.4 Å². The van der Waals surface area contributed by atoms with Crippen LogP contribution in [0.15, 0.2) is 0 Å². The van der Waals surface area contributed by atoms with Gasteiger partial charge in [-0.1, -0.05) is 0 Å². The molecule has 0 saturated carbocycles. The summed E-state index contributed by atoms with van der Waals surface area (Å²) in [4.78, 5) is 25.4. The standard InChI is InChI=1S/C11H17NO3S/c1-15-11(14)8-4-2-6-12(8)10(13)9-5-3-7-16-9/h8-9H,2-7H2,1H3. The monoisotopic (exact) mass is 243 g/mol. The van der Waals surface area contributed by atoms with Gasteiger partial charge in [0.15, 0.2) is 0 Å². The summed E-state index contributed by atoms with van der Waals surface area (Å²) in [6, 6.07) is -0.335. The maximum absolute atomic E-state index is 12.2. The number of carbonyl (C=O) groups excluding carboxylic acids is 2. The minimum absolute atomic E-state index is 0.0743. The Balaban J connectivity index is 2.01. The molecule has 2 fully saturated rings. The van der Waals surface area contributed by atoms with E-state index < -0.39 is 0 Å². The topological polar surface area (TPSA) is 46.6 Å². The van der Waals surface area contributed by atoms with Crippen LogP contribution in [-0.4, -0.2) is 47.5 Å². The maximum Gasteiger partial charge on any atom is 0.328 e. The molecule has 16 heavy (non-hydrogen) atoms. The van der Waals surface area contributed by atoms with Crippen LogP contribution in [0.4, 0.5) is 0 Å². The van der Waals surface area contributed by atoms with Crippen LogP contribution >= 0.6 is 11.8 Å². The Kier molecular flexibility index (Phi) is 3.74. The van der Waals surface area contributed by atoms with Crippen LogP contribution < -0.4 is 0 Å². The molecule has 0 N–H and O–H groups in total. The highest BCUT2D eigenvalue weighted by atomic mass is 32.2. The van der Waals surface area contributed by atoms with E-state index in [4.69, 9.17) is 4.74 Å². The molecule has 0 bridgehead atoms. The number of amides is 1. The van der Waals surface area contributed by atoms with Crippen LogP contribution in [-0.2, 0) is 14.3 Å². The van der Waals surface area contributed by atoms with Crippen LogP contribution in [0.1, 0.15) is 25.7 Å². The molecule has 0 radical (unpaired) electrons. The summed E-state index contributed by atoms with van der Waals surface area (Å²) in [7, 11) is 1.38. The molecule has 0 aromatic carbocycles. The van der Waals surface area contributed by atoms with Gasteiger partial charge in [-0.25, -0.2) is 4.79 Å². The molecule has 0 spiro atoms. The minimum Gasteiger partial charge on any atom is -0.467 e. The SMILES string of the molecule is COC(=O)C1CCCN1C(=O)C1CCCS1. The highest BCUT2D eigenvalue weighted by molar-refractivity contribution is 8.00. The molecule has 2 aliphatic heterocycles. The number of methoxy groups -OCH3 is 1. The molecule has 0 aromatic rings. The summed E-state index contributed by atoms with van der Waals surface area (Å²) >= 11 is 1.72. The number of ether oxygens (including phenoxy) is 1. The van der Waals surface area contributed by atoms with Crippen molar-refractivity contribution in [1.29, 1.82) is 0 Å². The first-order valence-electron chi connectivity index (χ1n) is 5.74. The molecular formula is C11H17NO3S. The van der Waals surface area contributed by atoms with Gasteiger partial charge in [0, 0.05) is 6.54 Å². The summed E-state index contributed by atoms with van der Waals surface area (Å²) in [6.45, 7) is 0.704. The van der Waals surface area contributed by atoms with E-state index in [1.165, 1.54) is 7.11 Å². The van der Waals surface area contributed by atoms with Gasteiger partial charge in [0.05, 0.1) is 12.4 Å². The summed E-state index contributed by atoms with van der Waals surface area (Å²) in [6.07, 6.45) is 3.71. The Labute approximate surface area is 99.7 Å². The fourth-order valence-corrected chi connectivity index (χ4v) is 3.60. The van der Waals surface area contributed by atoms with E-state index >= 15 is 0 Å². The molecule has 2 heterocycles. The first kappa shape index (κ1) is 11.8. The zero-order valence-electron chi connectivity index (χ0n) is 9.48. The minimum atomic E-state index is -0.335. The summed E-state index contributed by atoms with van der Waals surface area (Å²) in [5.74, 6) is 0.928. The van der Waals surface area contributed by atoms with Gasteiger partial charge in [0.2, 0.25) is 5.91 Å². The molecule has 5 heteroatoms. The molecule has 2 atom stereocenters. The predicted molar refractivity (Wildman–Crippen MR) is 62.2 cm³/mol. The molecule has 2 rings (SSSR count). The van der Waals surface area contributed by atoms with Gasteiger partial charge in [-0.3, -0.25) is 4.79 Å². The highest BCUT2D eigenvalue weighted by Crippen LogP contribution is 2.30. The van der Waals surface area contributed by atoms with Crippen molar-refractivity contribution in [1.82, 2.24) is 4.90 Å². The lowest BCUT2D eigenvalue weighted by Gasteiger charge is -2.25. The summed E-state index contributed by atoms with van der Waals surface area (Å²) in [5.41, 5.74) is 0. The fourth-order valence-electron chi connectivity index (χ4n) is 2.37. The third-order valence-electron chi connectivity index (χ3n) is 3.21. The summed E-state index contributed by atoms with van der Waals surface area (Å²) in [5, 5.41) is 0.0743. The molecule has 2 saturated heterocycles. The third kappa shape index (κ3) is 2.19. The third-order valence-corrected chi connectivity index (χ3v) is 4.58. The van der Waals surface area contributed by atoms with Crippen LogP contribution in [0.3, 0.4) is 0 Å². The second-order valence-corrected chi connectivity index (χ2v) is 5.53. The zero-order valence-corrected chi connectivity index (χ0v) is 10.3. The van der Waals surface area contributed by atoms with Crippen molar-refractivity contribution >= 4 is 23.6 Å². The molecule has 0 aliphatic carbocycles. The van der Waals surface area contributed by atoms with Gasteiger partial charge in [-0.15, -0.1) is 11.8 Å². The van der Waals surface area contributed by atoms with E-state index in [0.29, 0.717) is 6.54 Å². The number of hydrogen-bond donors (Lipinski definition) is 0. The average molecular weight is 243 g/mol. The van der Waals surface area contributed by atoms with Crippen molar-refractivity contribution in [2.45, 2.75) is 37.0 Å². The van der Waals surface area contributed by atoms with E-state index in [1.54, 1.807) is 16.7 Å². The van der Waals surface area contributed by atoms with Crippen molar-refractivity contribution in [2.24, 2.45) is 0 Å². The van der Waals surface area contributed by atoms with Crippen molar-refractivity contribution in [3.8, 4) is 0 Å². The van der Waals surface area contributed by atoms with Crippen LogP contribution in [0.25, 0.3) is 0 Å². The molecule has 2 aliphatic rings.